The highest BCUT2D eigenvalue weighted by Crippen LogP contribution is 2.29. The van der Waals surface area contributed by atoms with E-state index in [1.54, 1.807) is 0 Å². The van der Waals surface area contributed by atoms with Crippen LogP contribution in [0, 0.1) is 11.3 Å². The smallest absolute Gasteiger partial charge is 0.0197 e. The monoisotopic (exact) mass is 224 g/mol. The van der Waals surface area contributed by atoms with Crippen LogP contribution in [-0.2, 0) is 0 Å². The zero-order valence-corrected chi connectivity index (χ0v) is 11.3. The lowest BCUT2D eigenvalue weighted by Gasteiger charge is -2.33. The molecular formula is C14H28N2. The molecule has 2 heteroatoms. The van der Waals surface area contributed by atoms with Crippen molar-refractivity contribution in [3.8, 4) is 0 Å². The van der Waals surface area contributed by atoms with E-state index in [0.29, 0.717) is 5.41 Å². The Morgan fingerprint density at radius 2 is 2.19 bits per heavy atom. The second-order valence-electron chi connectivity index (χ2n) is 6.60. The molecule has 2 fully saturated rings. The average molecular weight is 224 g/mol. The molecule has 2 rings (SSSR count). The molecule has 2 aliphatic rings. The molecular weight excluding hydrogens is 196 g/mol. The maximum Gasteiger partial charge on any atom is 0.0197 e. The van der Waals surface area contributed by atoms with Gasteiger partial charge in [-0.15, -0.1) is 0 Å². The van der Waals surface area contributed by atoms with Crippen LogP contribution in [0.1, 0.15) is 46.5 Å². The Kier molecular flexibility index (Phi) is 3.91. The Hall–Kier alpha value is -0.0800. The minimum absolute atomic E-state index is 0.554. The van der Waals surface area contributed by atoms with Crippen LogP contribution < -0.4 is 5.32 Å². The summed E-state index contributed by atoms with van der Waals surface area (Å²) in [6.45, 7) is 12.3. The Bertz CT molecular complexity index is 225. The summed E-state index contributed by atoms with van der Waals surface area (Å²) in [7, 11) is 0. The number of rotatable bonds is 3. The number of hydrogen-bond donors (Lipinski definition) is 1. The predicted molar refractivity (Wildman–Crippen MR) is 69.6 cm³/mol. The molecule has 0 saturated carbocycles. The van der Waals surface area contributed by atoms with Gasteiger partial charge in [-0.05, 0) is 43.7 Å². The van der Waals surface area contributed by atoms with Gasteiger partial charge in [-0.1, -0.05) is 27.2 Å². The van der Waals surface area contributed by atoms with Gasteiger partial charge in [0.15, 0.2) is 0 Å². The van der Waals surface area contributed by atoms with Crippen LogP contribution >= 0.6 is 0 Å². The van der Waals surface area contributed by atoms with Gasteiger partial charge in [0, 0.05) is 19.1 Å². The Labute approximate surface area is 101 Å². The summed E-state index contributed by atoms with van der Waals surface area (Å²) in [5, 5.41) is 3.70. The summed E-state index contributed by atoms with van der Waals surface area (Å²) < 4.78 is 0. The highest BCUT2D eigenvalue weighted by molar-refractivity contribution is 4.87. The molecule has 2 saturated heterocycles. The second kappa shape index (κ2) is 5.05. The van der Waals surface area contributed by atoms with Crippen LogP contribution in [0.15, 0.2) is 0 Å². The molecule has 0 spiro atoms. The summed E-state index contributed by atoms with van der Waals surface area (Å²) in [5.41, 5.74) is 0.554. The summed E-state index contributed by atoms with van der Waals surface area (Å²) >= 11 is 0. The quantitative estimate of drug-likeness (QED) is 0.792. The fourth-order valence-electron chi connectivity index (χ4n) is 3.30. The van der Waals surface area contributed by atoms with Crippen LogP contribution in [0.4, 0.5) is 0 Å². The van der Waals surface area contributed by atoms with Crippen molar-refractivity contribution in [2.24, 2.45) is 11.3 Å². The molecule has 1 N–H and O–H groups in total. The molecule has 2 aliphatic heterocycles. The summed E-state index contributed by atoms with van der Waals surface area (Å²) in [6.07, 6.45) is 5.52. The van der Waals surface area contributed by atoms with Gasteiger partial charge in [0.25, 0.3) is 0 Å². The molecule has 0 aliphatic carbocycles. The van der Waals surface area contributed by atoms with Crippen LogP contribution in [-0.4, -0.2) is 37.1 Å². The predicted octanol–water partition coefficient (Wildman–Crippen LogP) is 2.50. The van der Waals surface area contributed by atoms with E-state index in [1.165, 1.54) is 51.9 Å². The van der Waals surface area contributed by atoms with Gasteiger partial charge < -0.3 is 10.2 Å². The molecule has 16 heavy (non-hydrogen) atoms. The second-order valence-corrected chi connectivity index (χ2v) is 6.60. The third-order valence-electron chi connectivity index (χ3n) is 4.42. The summed E-state index contributed by atoms with van der Waals surface area (Å²) in [5.74, 6) is 0.974. The molecule has 94 valence electrons. The van der Waals surface area contributed by atoms with E-state index in [0.717, 1.165) is 12.0 Å². The normalized spacial score (nSPS) is 35.4. The highest BCUT2D eigenvalue weighted by atomic mass is 15.2. The van der Waals surface area contributed by atoms with Crippen molar-refractivity contribution in [3.63, 3.8) is 0 Å². The van der Waals surface area contributed by atoms with Crippen molar-refractivity contribution < 1.29 is 0 Å². The number of piperidine rings is 1. The lowest BCUT2D eigenvalue weighted by atomic mass is 9.90. The van der Waals surface area contributed by atoms with Crippen molar-refractivity contribution in [1.29, 1.82) is 0 Å². The Balaban J connectivity index is 1.77. The van der Waals surface area contributed by atoms with E-state index in [2.05, 4.69) is 31.0 Å². The van der Waals surface area contributed by atoms with Gasteiger partial charge >= 0.3 is 0 Å². The van der Waals surface area contributed by atoms with E-state index >= 15 is 0 Å². The Morgan fingerprint density at radius 3 is 2.81 bits per heavy atom. The van der Waals surface area contributed by atoms with Gasteiger partial charge in [0.05, 0.1) is 0 Å². The van der Waals surface area contributed by atoms with Gasteiger partial charge in [0.2, 0.25) is 0 Å². The maximum atomic E-state index is 3.70. The standard InChI is InChI=1S/C14H28N2/c1-4-12-5-7-15-13(9-12)10-16-8-6-14(2,3)11-16/h12-13,15H,4-11H2,1-3H3. The summed E-state index contributed by atoms with van der Waals surface area (Å²) in [6, 6.07) is 0.757. The SMILES string of the molecule is CCC1CCNC(CN2CCC(C)(C)C2)C1. The third-order valence-corrected chi connectivity index (χ3v) is 4.42. The largest absolute Gasteiger partial charge is 0.313 e. The van der Waals surface area contributed by atoms with Crippen LogP contribution in [0.2, 0.25) is 0 Å². The van der Waals surface area contributed by atoms with Gasteiger partial charge in [0.1, 0.15) is 0 Å². The van der Waals surface area contributed by atoms with E-state index in [4.69, 9.17) is 0 Å². The first-order valence-corrected chi connectivity index (χ1v) is 7.05. The lowest BCUT2D eigenvalue weighted by molar-refractivity contribution is 0.212. The number of hydrogen-bond acceptors (Lipinski definition) is 2. The zero-order chi connectivity index (χ0) is 11.6. The lowest BCUT2D eigenvalue weighted by Crippen LogP contribution is -2.45. The fraction of sp³-hybridized carbons (Fsp3) is 1.00. The average Bonchev–Trinajstić information content (AvgIpc) is 2.58. The van der Waals surface area contributed by atoms with E-state index in [1.807, 2.05) is 0 Å². The fourth-order valence-corrected chi connectivity index (χ4v) is 3.30. The van der Waals surface area contributed by atoms with Crippen molar-refractivity contribution >= 4 is 0 Å². The minimum atomic E-state index is 0.554. The van der Waals surface area contributed by atoms with Crippen LogP contribution in [0.3, 0.4) is 0 Å². The van der Waals surface area contributed by atoms with E-state index < -0.39 is 0 Å². The summed E-state index contributed by atoms with van der Waals surface area (Å²) in [4.78, 5) is 2.66. The molecule has 0 amide bonds. The van der Waals surface area contributed by atoms with Crippen molar-refractivity contribution in [2.75, 3.05) is 26.2 Å². The molecule has 2 atom stereocenters. The van der Waals surface area contributed by atoms with Gasteiger partial charge in [-0.3, -0.25) is 0 Å². The molecule has 0 aromatic heterocycles. The maximum absolute atomic E-state index is 3.70. The van der Waals surface area contributed by atoms with E-state index in [-0.39, 0.29) is 0 Å². The molecule has 2 unspecified atom stereocenters. The molecule has 0 aromatic carbocycles. The molecule has 0 aromatic rings. The number of likely N-dealkylation sites (tertiary alicyclic amines) is 1. The number of nitrogens with zero attached hydrogens (tertiary/aromatic N) is 1. The topological polar surface area (TPSA) is 15.3 Å². The van der Waals surface area contributed by atoms with Crippen LogP contribution in [0.25, 0.3) is 0 Å². The molecule has 0 bridgehead atoms. The van der Waals surface area contributed by atoms with E-state index in [9.17, 15) is 0 Å². The third kappa shape index (κ3) is 3.21. The van der Waals surface area contributed by atoms with Crippen molar-refractivity contribution in [2.45, 2.75) is 52.5 Å². The van der Waals surface area contributed by atoms with Gasteiger partial charge in [-0.25, -0.2) is 0 Å². The minimum Gasteiger partial charge on any atom is -0.313 e. The van der Waals surface area contributed by atoms with Crippen molar-refractivity contribution in [1.82, 2.24) is 10.2 Å². The molecule has 2 heterocycles. The molecule has 0 radical (unpaired) electrons. The first-order chi connectivity index (χ1) is 7.59. The first-order valence-electron chi connectivity index (χ1n) is 7.05. The zero-order valence-electron chi connectivity index (χ0n) is 11.3. The number of nitrogens with one attached hydrogen (secondary N) is 1. The van der Waals surface area contributed by atoms with Crippen molar-refractivity contribution in [3.05, 3.63) is 0 Å². The first kappa shape index (κ1) is 12.4. The Morgan fingerprint density at radius 1 is 1.38 bits per heavy atom. The van der Waals surface area contributed by atoms with Crippen LogP contribution in [0.5, 0.6) is 0 Å². The highest BCUT2D eigenvalue weighted by Gasteiger charge is 2.31. The molecule has 2 nitrogen and oxygen atoms in total. The van der Waals surface area contributed by atoms with Gasteiger partial charge in [-0.2, -0.15) is 0 Å².